The maximum Gasteiger partial charge on any atom is 0.248 e. The molecule has 2 aromatic rings. The number of aromatic nitrogens is 2. The fraction of sp³-hybridized carbons (Fsp3) is 0.600. The Morgan fingerprint density at radius 1 is 1.32 bits per heavy atom. The minimum atomic E-state index is 0.0371. The van der Waals surface area contributed by atoms with E-state index in [-0.39, 0.29) is 17.7 Å². The van der Waals surface area contributed by atoms with Crippen LogP contribution in [0.1, 0.15) is 44.9 Å². The summed E-state index contributed by atoms with van der Waals surface area (Å²) in [6, 6.07) is 1.93. The van der Waals surface area contributed by atoms with Crippen LogP contribution in [0, 0.1) is 5.92 Å². The quantitative estimate of drug-likeness (QED) is 0.675. The van der Waals surface area contributed by atoms with Crippen LogP contribution >= 0.6 is 11.3 Å². The predicted molar refractivity (Wildman–Crippen MR) is 108 cm³/mol. The van der Waals surface area contributed by atoms with Crippen LogP contribution in [0.2, 0.25) is 0 Å². The zero-order chi connectivity index (χ0) is 19.9. The monoisotopic (exact) mass is 404 g/mol. The molecule has 0 atom stereocenters. The number of amides is 2. The van der Waals surface area contributed by atoms with Crippen molar-refractivity contribution in [2.24, 2.45) is 5.92 Å². The molecule has 0 aromatic carbocycles. The molecule has 3 rings (SSSR count). The van der Waals surface area contributed by atoms with Crippen molar-refractivity contribution < 1.29 is 14.0 Å². The molecule has 0 aliphatic carbocycles. The van der Waals surface area contributed by atoms with Gasteiger partial charge < -0.3 is 14.2 Å². The van der Waals surface area contributed by atoms with E-state index in [9.17, 15) is 9.59 Å². The third-order valence-corrected chi connectivity index (χ3v) is 5.89. The van der Waals surface area contributed by atoms with Crippen molar-refractivity contribution in [1.82, 2.24) is 20.0 Å². The Morgan fingerprint density at radius 2 is 2.11 bits per heavy atom. The van der Waals surface area contributed by atoms with Crippen molar-refractivity contribution in [1.29, 1.82) is 0 Å². The molecule has 28 heavy (non-hydrogen) atoms. The highest BCUT2D eigenvalue weighted by atomic mass is 32.1. The Labute approximate surface area is 169 Å². The summed E-state index contributed by atoms with van der Waals surface area (Å²) in [4.78, 5) is 28.7. The third kappa shape index (κ3) is 5.19. The van der Waals surface area contributed by atoms with E-state index in [1.165, 1.54) is 0 Å². The highest BCUT2D eigenvalue weighted by Gasteiger charge is 2.29. The number of hydrogen-bond donors (Lipinski definition) is 0. The topological polar surface area (TPSA) is 79.5 Å². The summed E-state index contributed by atoms with van der Waals surface area (Å²) in [7, 11) is 1.88. The van der Waals surface area contributed by atoms with Crippen LogP contribution in [0.25, 0.3) is 11.5 Å². The van der Waals surface area contributed by atoms with Gasteiger partial charge in [-0.2, -0.15) is 11.3 Å². The lowest BCUT2D eigenvalue weighted by molar-refractivity contribution is -0.139. The predicted octanol–water partition coefficient (Wildman–Crippen LogP) is 3.23. The van der Waals surface area contributed by atoms with Crippen LogP contribution in [0.15, 0.2) is 21.2 Å². The Bertz CT molecular complexity index is 766. The second-order valence-electron chi connectivity index (χ2n) is 7.28. The molecule has 1 saturated heterocycles. The van der Waals surface area contributed by atoms with E-state index in [1.54, 1.807) is 11.3 Å². The van der Waals surface area contributed by atoms with Gasteiger partial charge in [0.25, 0.3) is 0 Å². The molecule has 0 radical (unpaired) electrons. The highest BCUT2D eigenvalue weighted by molar-refractivity contribution is 7.08. The summed E-state index contributed by atoms with van der Waals surface area (Å²) in [6.07, 6.45) is 4.38. The van der Waals surface area contributed by atoms with Gasteiger partial charge in [0.15, 0.2) is 0 Å². The van der Waals surface area contributed by atoms with Crippen molar-refractivity contribution in [2.75, 3.05) is 26.7 Å². The molecule has 0 unspecified atom stereocenters. The van der Waals surface area contributed by atoms with E-state index in [1.807, 2.05) is 33.7 Å². The first-order valence-corrected chi connectivity index (χ1v) is 10.9. The zero-order valence-electron chi connectivity index (χ0n) is 16.6. The lowest BCUT2D eigenvalue weighted by atomic mass is 9.95. The fourth-order valence-electron chi connectivity index (χ4n) is 3.42. The number of rotatable bonds is 8. The molecule has 7 nitrogen and oxygen atoms in total. The van der Waals surface area contributed by atoms with Gasteiger partial charge in [-0.05, 0) is 30.7 Å². The smallest absolute Gasteiger partial charge is 0.248 e. The number of carbonyl (C=O) groups is 2. The zero-order valence-corrected chi connectivity index (χ0v) is 17.4. The number of hydrogen-bond acceptors (Lipinski definition) is 6. The molecule has 1 aliphatic heterocycles. The van der Waals surface area contributed by atoms with E-state index >= 15 is 0 Å². The molecule has 0 spiro atoms. The van der Waals surface area contributed by atoms with Gasteiger partial charge in [-0.15, -0.1) is 10.2 Å². The van der Waals surface area contributed by atoms with Crippen LogP contribution in [-0.4, -0.2) is 58.5 Å². The number of piperidine rings is 1. The number of thiophene rings is 1. The van der Waals surface area contributed by atoms with E-state index < -0.39 is 0 Å². The first-order valence-electron chi connectivity index (χ1n) is 9.96. The maximum atomic E-state index is 12.5. The highest BCUT2D eigenvalue weighted by Crippen LogP contribution is 2.22. The number of likely N-dealkylation sites (tertiary alicyclic amines) is 1. The van der Waals surface area contributed by atoms with Gasteiger partial charge in [0.1, 0.15) is 0 Å². The van der Waals surface area contributed by atoms with Gasteiger partial charge >= 0.3 is 0 Å². The molecular weight excluding hydrogens is 376 g/mol. The largest absolute Gasteiger partial charge is 0.421 e. The van der Waals surface area contributed by atoms with Crippen LogP contribution < -0.4 is 0 Å². The van der Waals surface area contributed by atoms with Gasteiger partial charge in [0, 0.05) is 56.4 Å². The molecule has 2 amide bonds. The van der Waals surface area contributed by atoms with Crippen LogP contribution in [-0.2, 0) is 16.0 Å². The third-order valence-electron chi connectivity index (χ3n) is 5.21. The van der Waals surface area contributed by atoms with Crippen molar-refractivity contribution in [2.45, 2.75) is 45.4 Å². The van der Waals surface area contributed by atoms with Crippen molar-refractivity contribution in [3.8, 4) is 11.5 Å². The molecular formula is C20H28N4O3S. The molecule has 3 heterocycles. The van der Waals surface area contributed by atoms with Gasteiger partial charge in [-0.1, -0.05) is 13.3 Å². The summed E-state index contributed by atoms with van der Waals surface area (Å²) >= 11 is 1.57. The van der Waals surface area contributed by atoms with E-state index in [0.717, 1.165) is 37.8 Å². The van der Waals surface area contributed by atoms with Crippen molar-refractivity contribution in [3.05, 3.63) is 22.7 Å². The summed E-state index contributed by atoms with van der Waals surface area (Å²) in [5.74, 6) is 1.32. The van der Waals surface area contributed by atoms with E-state index in [0.29, 0.717) is 37.7 Å². The minimum absolute atomic E-state index is 0.0371. The SMILES string of the molecule is CCCCN(C)C(=O)C1CCN(C(=O)CCc2nnc(-c3ccsc3)o2)CC1. The summed E-state index contributed by atoms with van der Waals surface area (Å²) < 4.78 is 5.64. The van der Waals surface area contributed by atoms with Gasteiger partial charge in [-0.3, -0.25) is 9.59 Å². The average molecular weight is 405 g/mol. The maximum absolute atomic E-state index is 12.5. The molecule has 0 N–H and O–H groups in total. The molecule has 1 aliphatic rings. The van der Waals surface area contributed by atoms with Gasteiger partial charge in [0.2, 0.25) is 23.6 Å². The second-order valence-corrected chi connectivity index (χ2v) is 8.06. The number of unbranched alkanes of at least 4 members (excludes halogenated alkanes) is 1. The molecule has 2 aromatic heterocycles. The fourth-order valence-corrected chi connectivity index (χ4v) is 4.05. The van der Waals surface area contributed by atoms with Gasteiger partial charge in [-0.25, -0.2) is 0 Å². The minimum Gasteiger partial charge on any atom is -0.421 e. The summed E-state index contributed by atoms with van der Waals surface area (Å²) in [6.45, 7) is 4.22. The van der Waals surface area contributed by atoms with Gasteiger partial charge in [0.05, 0.1) is 0 Å². The number of nitrogens with zero attached hydrogens (tertiary/aromatic N) is 4. The Morgan fingerprint density at radius 3 is 2.79 bits per heavy atom. The molecule has 152 valence electrons. The molecule has 8 heteroatoms. The van der Waals surface area contributed by atoms with Crippen LogP contribution in [0.3, 0.4) is 0 Å². The Balaban J connectivity index is 1.42. The Kier molecular flexibility index (Phi) is 7.19. The van der Waals surface area contributed by atoms with Crippen LogP contribution in [0.4, 0.5) is 0 Å². The number of aryl methyl sites for hydroxylation is 1. The standard InChI is InChI=1S/C20H28N4O3S/c1-3-4-10-23(2)20(26)15-7-11-24(12-8-15)18(25)6-5-17-21-22-19(27-17)16-9-13-28-14-16/h9,13-15H,3-8,10-12H2,1-2H3. The van der Waals surface area contributed by atoms with Crippen LogP contribution in [0.5, 0.6) is 0 Å². The Hall–Kier alpha value is -2.22. The number of carbonyl (C=O) groups excluding carboxylic acids is 2. The van der Waals surface area contributed by atoms with E-state index in [4.69, 9.17) is 4.42 Å². The summed E-state index contributed by atoms with van der Waals surface area (Å²) in [5, 5.41) is 12.0. The molecule has 0 bridgehead atoms. The average Bonchev–Trinajstić information content (AvgIpc) is 3.41. The van der Waals surface area contributed by atoms with Crippen molar-refractivity contribution in [3.63, 3.8) is 0 Å². The van der Waals surface area contributed by atoms with Crippen molar-refractivity contribution >= 4 is 23.2 Å². The van der Waals surface area contributed by atoms with E-state index in [2.05, 4.69) is 17.1 Å². The summed E-state index contributed by atoms with van der Waals surface area (Å²) in [5.41, 5.74) is 0.908. The second kappa shape index (κ2) is 9.82. The first-order chi connectivity index (χ1) is 13.6. The normalized spacial score (nSPS) is 15.0. The lowest BCUT2D eigenvalue weighted by Gasteiger charge is -2.33. The molecule has 1 fully saturated rings. The first kappa shape index (κ1) is 20.5. The molecule has 0 saturated carbocycles. The lowest BCUT2D eigenvalue weighted by Crippen LogP contribution is -2.43.